The molecular weight excluding hydrogens is 218 g/mol. The maximum atomic E-state index is 5.41. The molecule has 0 aliphatic carbocycles. The minimum atomic E-state index is 0. The van der Waals surface area contributed by atoms with Gasteiger partial charge in [-0.1, -0.05) is 13.5 Å². The van der Waals surface area contributed by atoms with Crippen LogP contribution in [0.5, 0.6) is 0 Å². The smallest absolute Gasteiger partial charge is 0.870 e. The second kappa shape index (κ2) is 5.42. The van der Waals surface area contributed by atoms with E-state index in [1.807, 2.05) is 0 Å². The first-order valence-corrected chi connectivity index (χ1v) is 3.44. The van der Waals surface area contributed by atoms with Crippen LogP contribution in [0, 0.1) is 12.3 Å². The third-order valence-corrected chi connectivity index (χ3v) is 2.05. The monoisotopic (exact) mass is 229 g/mol. The summed E-state index contributed by atoms with van der Waals surface area (Å²) in [5, 5.41) is 0. The summed E-state index contributed by atoms with van der Waals surface area (Å²) >= 11 is 0. The molecule has 3 nitrogen and oxygen atoms in total. The van der Waals surface area contributed by atoms with Gasteiger partial charge in [0.2, 0.25) is 0 Å². The van der Waals surface area contributed by atoms with Gasteiger partial charge in [0, 0.05) is 12.5 Å². The minimum absolute atomic E-state index is 0. The van der Waals surface area contributed by atoms with Crippen LogP contribution in [0.3, 0.4) is 0 Å². The van der Waals surface area contributed by atoms with Crippen molar-refractivity contribution in [1.29, 1.82) is 0 Å². The predicted molar refractivity (Wildman–Crippen MR) is 34.9 cm³/mol. The summed E-state index contributed by atoms with van der Waals surface area (Å²) in [6.45, 7) is 3.81. The largest absolute Gasteiger partial charge is 1.00 e. The third kappa shape index (κ3) is 2.56. The molecule has 0 aromatic carbocycles. The molecule has 2 saturated heterocycles. The Balaban J connectivity index is 0.000000500. The molecule has 4 heteroatoms. The molecule has 0 radical (unpaired) electrons. The number of hydrogen-bond acceptors (Lipinski definition) is 3. The van der Waals surface area contributed by atoms with E-state index in [2.05, 4.69) is 13.3 Å². The molecular formula is C7H12O3Rb-. The standard InChI is InChI=1S/C7H11O2.H2O.Rb/c1-5-4-9-6-2-3-8-7(5)6;;/h2,5-7H,3-4H2,1H3;1H2;/q-1;;+1/p-1/t5-,6-,7-;;/m0../s1. The Morgan fingerprint density at radius 3 is 2.73 bits per heavy atom. The van der Waals surface area contributed by atoms with E-state index in [0.717, 1.165) is 13.2 Å². The molecule has 11 heavy (non-hydrogen) atoms. The minimum Gasteiger partial charge on any atom is -0.870 e. The van der Waals surface area contributed by atoms with Gasteiger partial charge in [-0.2, -0.15) is 0 Å². The van der Waals surface area contributed by atoms with Crippen LogP contribution in [0.15, 0.2) is 0 Å². The molecule has 2 aliphatic heterocycles. The quantitative estimate of drug-likeness (QED) is 0.430. The zero-order valence-electron chi connectivity index (χ0n) is 6.99. The van der Waals surface area contributed by atoms with Crippen molar-refractivity contribution in [1.82, 2.24) is 0 Å². The summed E-state index contributed by atoms with van der Waals surface area (Å²) in [7, 11) is 0. The molecule has 0 spiro atoms. The van der Waals surface area contributed by atoms with E-state index in [4.69, 9.17) is 9.47 Å². The summed E-state index contributed by atoms with van der Waals surface area (Å²) < 4.78 is 10.8. The Morgan fingerprint density at radius 2 is 2.09 bits per heavy atom. The number of ether oxygens (including phenoxy) is 2. The Hall–Kier alpha value is 1.69. The summed E-state index contributed by atoms with van der Waals surface area (Å²) in [4.78, 5) is 0. The van der Waals surface area contributed by atoms with E-state index in [1.54, 1.807) is 0 Å². The number of rotatable bonds is 0. The Morgan fingerprint density at radius 1 is 1.36 bits per heavy atom. The van der Waals surface area contributed by atoms with Gasteiger partial charge >= 0.3 is 58.2 Å². The molecule has 1 N–H and O–H groups in total. The summed E-state index contributed by atoms with van der Waals surface area (Å²) in [6.07, 6.45) is 2.78. The van der Waals surface area contributed by atoms with Gasteiger partial charge in [0.25, 0.3) is 0 Å². The normalized spacial score (nSPS) is 40.6. The van der Waals surface area contributed by atoms with Crippen molar-refractivity contribution in [3.05, 3.63) is 6.42 Å². The first kappa shape index (κ1) is 12.7. The Kier molecular flexibility index (Phi) is 6.25. The second-order valence-corrected chi connectivity index (χ2v) is 2.81. The fraction of sp³-hybridized carbons (Fsp3) is 0.857. The van der Waals surface area contributed by atoms with Gasteiger partial charge in [0.15, 0.2) is 0 Å². The fourth-order valence-electron chi connectivity index (χ4n) is 1.50. The predicted octanol–water partition coefficient (Wildman–Crippen LogP) is -2.55. The Labute approximate surface area is 116 Å². The molecule has 2 rings (SSSR count). The molecule has 2 aliphatic rings. The molecule has 0 amide bonds. The molecule has 2 heterocycles. The van der Waals surface area contributed by atoms with E-state index in [1.165, 1.54) is 0 Å². The third-order valence-electron chi connectivity index (χ3n) is 2.05. The Bertz CT molecular complexity index is 120. The second-order valence-electron chi connectivity index (χ2n) is 2.81. The molecule has 0 bridgehead atoms. The van der Waals surface area contributed by atoms with Gasteiger partial charge in [-0.15, -0.1) is 0 Å². The summed E-state index contributed by atoms with van der Waals surface area (Å²) in [6, 6.07) is 0. The zero-order chi connectivity index (χ0) is 6.27. The van der Waals surface area contributed by atoms with Crippen molar-refractivity contribution in [2.24, 2.45) is 5.92 Å². The van der Waals surface area contributed by atoms with Crippen molar-refractivity contribution in [2.45, 2.75) is 19.1 Å². The van der Waals surface area contributed by atoms with Gasteiger partial charge < -0.3 is 14.9 Å². The number of hydrogen-bond donors (Lipinski definition) is 0. The van der Waals surface area contributed by atoms with Crippen molar-refractivity contribution < 1.29 is 73.1 Å². The van der Waals surface area contributed by atoms with Crippen molar-refractivity contribution >= 4 is 0 Å². The van der Waals surface area contributed by atoms with Crippen LogP contribution in [0.2, 0.25) is 0 Å². The summed E-state index contributed by atoms with van der Waals surface area (Å²) in [5.74, 6) is 0.591. The van der Waals surface area contributed by atoms with Crippen LogP contribution in [0.25, 0.3) is 0 Å². The van der Waals surface area contributed by atoms with Crippen LogP contribution in [0.1, 0.15) is 6.92 Å². The van der Waals surface area contributed by atoms with E-state index < -0.39 is 0 Å². The van der Waals surface area contributed by atoms with Crippen LogP contribution in [-0.2, 0) is 9.47 Å². The SMILES string of the molecule is C[C@H]1CO[C@H]2[CH-]CO[C@H]21.[OH-].[Rb+]. The van der Waals surface area contributed by atoms with Crippen molar-refractivity contribution in [3.63, 3.8) is 0 Å². The average molecular weight is 230 g/mol. The molecule has 3 atom stereocenters. The van der Waals surface area contributed by atoms with Crippen LogP contribution < -0.4 is 58.2 Å². The van der Waals surface area contributed by atoms with Gasteiger partial charge in [-0.25, -0.2) is 0 Å². The van der Waals surface area contributed by atoms with Gasteiger partial charge in [-0.05, 0) is 6.10 Å². The van der Waals surface area contributed by atoms with Gasteiger partial charge in [-0.3, -0.25) is 6.42 Å². The van der Waals surface area contributed by atoms with E-state index in [9.17, 15) is 0 Å². The van der Waals surface area contributed by atoms with Crippen LogP contribution in [0.4, 0.5) is 0 Å². The van der Waals surface area contributed by atoms with Crippen LogP contribution >= 0.6 is 0 Å². The molecule has 2 fully saturated rings. The summed E-state index contributed by atoms with van der Waals surface area (Å²) in [5.41, 5.74) is 0. The molecule has 0 aromatic rings. The van der Waals surface area contributed by atoms with E-state index in [0.29, 0.717) is 18.1 Å². The average Bonchev–Trinajstić information content (AvgIpc) is 2.35. The molecule has 0 unspecified atom stereocenters. The maximum absolute atomic E-state index is 5.41. The maximum Gasteiger partial charge on any atom is 1.00 e. The van der Waals surface area contributed by atoms with Gasteiger partial charge in [0.05, 0.1) is 6.10 Å². The topological polar surface area (TPSA) is 48.5 Å². The van der Waals surface area contributed by atoms with Crippen molar-refractivity contribution in [2.75, 3.05) is 13.2 Å². The molecule has 0 saturated carbocycles. The molecule has 60 valence electrons. The van der Waals surface area contributed by atoms with Crippen molar-refractivity contribution in [3.8, 4) is 0 Å². The first-order valence-electron chi connectivity index (χ1n) is 3.44. The van der Waals surface area contributed by atoms with E-state index >= 15 is 0 Å². The zero-order valence-corrected chi connectivity index (χ0v) is 11.9. The molecule has 0 aromatic heterocycles. The fourth-order valence-corrected chi connectivity index (χ4v) is 1.50. The number of fused-ring (bicyclic) bond motifs is 1. The first-order chi connectivity index (χ1) is 4.38. The van der Waals surface area contributed by atoms with Gasteiger partial charge in [0.1, 0.15) is 0 Å². The van der Waals surface area contributed by atoms with Crippen LogP contribution in [-0.4, -0.2) is 30.9 Å². The van der Waals surface area contributed by atoms with E-state index in [-0.39, 0.29) is 63.7 Å².